The van der Waals surface area contributed by atoms with Crippen molar-refractivity contribution in [1.82, 2.24) is 0 Å². The standard InChI is InChI=1S/C13H17ClN2O3/c1-9-6-7-15(8-12(9)19-2)11-5-3-4-10(14)13(11)16(17)18/h3-5,9,12H,6-8H2,1-2H3. The molecule has 0 bridgehead atoms. The van der Waals surface area contributed by atoms with Crippen LogP contribution in [-0.2, 0) is 4.74 Å². The highest BCUT2D eigenvalue weighted by Gasteiger charge is 2.30. The number of rotatable bonds is 3. The number of anilines is 1. The summed E-state index contributed by atoms with van der Waals surface area (Å²) in [5.74, 6) is 0.458. The number of nitro groups is 1. The number of benzene rings is 1. The Morgan fingerprint density at radius 2 is 2.26 bits per heavy atom. The van der Waals surface area contributed by atoms with E-state index < -0.39 is 4.92 Å². The van der Waals surface area contributed by atoms with Crippen LogP contribution in [0.2, 0.25) is 5.02 Å². The molecule has 0 radical (unpaired) electrons. The number of hydrogen-bond acceptors (Lipinski definition) is 4. The maximum Gasteiger partial charge on any atom is 0.310 e. The van der Waals surface area contributed by atoms with Gasteiger partial charge >= 0.3 is 5.69 Å². The van der Waals surface area contributed by atoms with Crippen LogP contribution in [-0.4, -0.2) is 31.2 Å². The molecule has 0 aliphatic carbocycles. The van der Waals surface area contributed by atoms with Crippen LogP contribution < -0.4 is 4.90 Å². The van der Waals surface area contributed by atoms with E-state index in [1.54, 1.807) is 25.3 Å². The molecule has 1 aromatic rings. The lowest BCUT2D eigenvalue weighted by molar-refractivity contribution is -0.384. The van der Waals surface area contributed by atoms with E-state index in [1.807, 2.05) is 4.90 Å². The number of methoxy groups -OCH3 is 1. The summed E-state index contributed by atoms with van der Waals surface area (Å²) in [5.41, 5.74) is 0.556. The average molecular weight is 285 g/mol. The van der Waals surface area contributed by atoms with Gasteiger partial charge in [0.05, 0.1) is 11.0 Å². The van der Waals surface area contributed by atoms with E-state index in [0.717, 1.165) is 13.0 Å². The first kappa shape index (κ1) is 14.1. The fourth-order valence-electron chi connectivity index (χ4n) is 2.50. The third-order valence-electron chi connectivity index (χ3n) is 3.68. The number of piperidine rings is 1. The molecule has 5 nitrogen and oxygen atoms in total. The highest BCUT2D eigenvalue weighted by molar-refractivity contribution is 6.33. The molecule has 0 amide bonds. The summed E-state index contributed by atoms with van der Waals surface area (Å²) in [6, 6.07) is 5.03. The quantitative estimate of drug-likeness (QED) is 0.632. The van der Waals surface area contributed by atoms with Gasteiger partial charge in [-0.2, -0.15) is 0 Å². The van der Waals surface area contributed by atoms with E-state index in [1.165, 1.54) is 0 Å². The van der Waals surface area contributed by atoms with E-state index in [4.69, 9.17) is 16.3 Å². The summed E-state index contributed by atoms with van der Waals surface area (Å²) in [5, 5.41) is 11.3. The third kappa shape index (κ3) is 2.82. The van der Waals surface area contributed by atoms with Gasteiger partial charge in [0.25, 0.3) is 0 Å². The summed E-state index contributed by atoms with van der Waals surface area (Å²) in [6.07, 6.45) is 1.04. The van der Waals surface area contributed by atoms with Crippen LogP contribution in [0.25, 0.3) is 0 Å². The van der Waals surface area contributed by atoms with E-state index in [0.29, 0.717) is 18.2 Å². The third-order valence-corrected chi connectivity index (χ3v) is 3.99. The van der Waals surface area contributed by atoms with E-state index >= 15 is 0 Å². The molecule has 1 fully saturated rings. The Balaban J connectivity index is 2.32. The van der Waals surface area contributed by atoms with E-state index in [-0.39, 0.29) is 16.8 Å². The fraction of sp³-hybridized carbons (Fsp3) is 0.538. The summed E-state index contributed by atoms with van der Waals surface area (Å²) < 4.78 is 5.44. The average Bonchev–Trinajstić information content (AvgIpc) is 2.38. The lowest BCUT2D eigenvalue weighted by Gasteiger charge is -2.37. The number of para-hydroxylation sites is 1. The Morgan fingerprint density at radius 1 is 1.53 bits per heavy atom. The van der Waals surface area contributed by atoms with Crippen LogP contribution in [0.1, 0.15) is 13.3 Å². The summed E-state index contributed by atoms with van der Waals surface area (Å²) in [4.78, 5) is 12.7. The predicted octanol–water partition coefficient (Wildman–Crippen LogP) is 3.11. The smallest absolute Gasteiger partial charge is 0.310 e. The summed E-state index contributed by atoms with van der Waals surface area (Å²) in [6.45, 7) is 3.57. The van der Waals surface area contributed by atoms with Crippen LogP contribution in [0, 0.1) is 16.0 Å². The van der Waals surface area contributed by atoms with Crippen molar-refractivity contribution >= 4 is 23.0 Å². The molecule has 0 N–H and O–H groups in total. The van der Waals surface area contributed by atoms with Gasteiger partial charge in [-0.25, -0.2) is 0 Å². The van der Waals surface area contributed by atoms with Gasteiger partial charge < -0.3 is 9.64 Å². The van der Waals surface area contributed by atoms with Crippen LogP contribution in [0.4, 0.5) is 11.4 Å². The Morgan fingerprint density at radius 3 is 2.89 bits per heavy atom. The first-order valence-electron chi connectivity index (χ1n) is 6.25. The molecule has 1 aliphatic rings. The van der Waals surface area contributed by atoms with Crippen molar-refractivity contribution < 1.29 is 9.66 Å². The molecule has 1 heterocycles. The van der Waals surface area contributed by atoms with Crippen molar-refractivity contribution in [3.63, 3.8) is 0 Å². The van der Waals surface area contributed by atoms with Crippen molar-refractivity contribution in [3.8, 4) is 0 Å². The van der Waals surface area contributed by atoms with Crippen molar-refractivity contribution in [2.24, 2.45) is 5.92 Å². The van der Waals surface area contributed by atoms with Gasteiger partial charge in [-0.15, -0.1) is 0 Å². The summed E-state index contributed by atoms with van der Waals surface area (Å²) in [7, 11) is 1.68. The second kappa shape index (κ2) is 5.75. The van der Waals surface area contributed by atoms with Crippen LogP contribution in [0.15, 0.2) is 18.2 Å². The molecule has 0 spiro atoms. The van der Waals surface area contributed by atoms with Crippen molar-refractivity contribution in [2.75, 3.05) is 25.1 Å². The minimum absolute atomic E-state index is 0.0198. The molecule has 1 saturated heterocycles. The lowest BCUT2D eigenvalue weighted by atomic mass is 9.95. The Kier molecular flexibility index (Phi) is 4.27. The minimum Gasteiger partial charge on any atom is -0.379 e. The normalized spacial score (nSPS) is 23.4. The molecule has 2 atom stereocenters. The van der Waals surface area contributed by atoms with Gasteiger partial charge in [0.2, 0.25) is 0 Å². The zero-order chi connectivity index (χ0) is 14.0. The van der Waals surface area contributed by atoms with Crippen LogP contribution >= 0.6 is 11.6 Å². The molecule has 6 heteroatoms. The number of halogens is 1. The second-order valence-corrected chi connectivity index (χ2v) is 5.26. The van der Waals surface area contributed by atoms with Crippen LogP contribution in [0.5, 0.6) is 0 Å². The monoisotopic (exact) mass is 284 g/mol. The van der Waals surface area contributed by atoms with E-state index in [9.17, 15) is 10.1 Å². The maximum atomic E-state index is 11.2. The Labute approximate surface area is 117 Å². The van der Waals surface area contributed by atoms with Crippen molar-refractivity contribution in [2.45, 2.75) is 19.4 Å². The van der Waals surface area contributed by atoms with Crippen LogP contribution in [0.3, 0.4) is 0 Å². The molecule has 2 unspecified atom stereocenters. The Bertz CT molecular complexity index is 481. The van der Waals surface area contributed by atoms with Gasteiger partial charge in [-0.05, 0) is 24.5 Å². The van der Waals surface area contributed by atoms with Gasteiger partial charge in [-0.1, -0.05) is 24.6 Å². The number of ether oxygens (including phenoxy) is 1. The van der Waals surface area contributed by atoms with E-state index in [2.05, 4.69) is 6.92 Å². The summed E-state index contributed by atoms with van der Waals surface area (Å²) >= 11 is 5.94. The largest absolute Gasteiger partial charge is 0.379 e. The number of nitro benzene ring substituents is 1. The highest BCUT2D eigenvalue weighted by atomic mass is 35.5. The highest BCUT2D eigenvalue weighted by Crippen LogP contribution is 2.37. The molecule has 19 heavy (non-hydrogen) atoms. The first-order chi connectivity index (χ1) is 9.04. The second-order valence-electron chi connectivity index (χ2n) is 4.85. The van der Waals surface area contributed by atoms with Gasteiger partial charge in [-0.3, -0.25) is 10.1 Å². The zero-order valence-corrected chi connectivity index (χ0v) is 11.8. The molecule has 2 rings (SSSR count). The SMILES string of the molecule is COC1CN(c2cccc(Cl)c2[N+](=O)[O-])CCC1C. The topological polar surface area (TPSA) is 55.6 Å². The first-order valence-corrected chi connectivity index (χ1v) is 6.63. The van der Waals surface area contributed by atoms with Crippen molar-refractivity contribution in [3.05, 3.63) is 33.3 Å². The lowest BCUT2D eigenvalue weighted by Crippen LogP contribution is -2.44. The number of nitrogens with zero attached hydrogens (tertiary/aromatic N) is 2. The van der Waals surface area contributed by atoms with Gasteiger partial charge in [0.15, 0.2) is 0 Å². The fourth-order valence-corrected chi connectivity index (χ4v) is 2.74. The molecule has 0 aromatic heterocycles. The maximum absolute atomic E-state index is 11.2. The predicted molar refractivity (Wildman–Crippen MR) is 74.9 cm³/mol. The Hall–Kier alpha value is -1.33. The molecular formula is C13H17ClN2O3. The molecular weight excluding hydrogens is 268 g/mol. The molecule has 0 saturated carbocycles. The van der Waals surface area contributed by atoms with Gasteiger partial charge in [0, 0.05) is 20.2 Å². The minimum atomic E-state index is -0.419. The van der Waals surface area contributed by atoms with Crippen molar-refractivity contribution in [1.29, 1.82) is 0 Å². The zero-order valence-electron chi connectivity index (χ0n) is 11.0. The number of hydrogen-bond donors (Lipinski definition) is 0. The molecule has 1 aliphatic heterocycles. The van der Waals surface area contributed by atoms with Gasteiger partial charge in [0.1, 0.15) is 10.7 Å². The molecule has 1 aromatic carbocycles. The molecule has 104 valence electrons.